The molecule has 20 heavy (non-hydrogen) atoms. The van der Waals surface area contributed by atoms with Crippen LogP contribution in [-0.2, 0) is 7.05 Å². The molecule has 0 fully saturated rings. The maximum atomic E-state index is 6.09. The second-order valence-electron chi connectivity index (χ2n) is 4.52. The molecule has 0 aromatic carbocycles. The molecular weight excluding hydrogens is 274 g/mol. The lowest BCUT2D eigenvalue weighted by Crippen LogP contribution is -1.95. The van der Waals surface area contributed by atoms with Crippen LogP contribution in [0.3, 0.4) is 0 Å². The van der Waals surface area contributed by atoms with E-state index in [0.717, 1.165) is 16.8 Å². The number of aromatic nitrogens is 5. The molecule has 0 aliphatic carbocycles. The van der Waals surface area contributed by atoms with Gasteiger partial charge < -0.3 is 0 Å². The second-order valence-corrected chi connectivity index (χ2v) is 4.91. The zero-order valence-corrected chi connectivity index (χ0v) is 11.8. The number of halogens is 1. The minimum absolute atomic E-state index is 0.386. The summed E-state index contributed by atoms with van der Waals surface area (Å²) >= 11 is 6.09. The van der Waals surface area contributed by atoms with E-state index in [0.29, 0.717) is 16.7 Å². The van der Waals surface area contributed by atoms with Crippen LogP contribution in [0.2, 0.25) is 5.15 Å². The van der Waals surface area contributed by atoms with E-state index in [1.165, 1.54) is 0 Å². The quantitative estimate of drug-likeness (QED) is 0.679. The van der Waals surface area contributed by atoms with Crippen molar-refractivity contribution in [3.8, 4) is 22.8 Å². The molecular formula is C14H12ClN5. The first-order valence-corrected chi connectivity index (χ1v) is 6.46. The van der Waals surface area contributed by atoms with Crippen LogP contribution >= 0.6 is 11.6 Å². The number of rotatable bonds is 2. The average Bonchev–Trinajstić information content (AvgIpc) is 2.85. The highest BCUT2D eigenvalue weighted by Gasteiger charge is 2.10. The molecule has 3 aromatic rings. The number of nitrogens with zero attached hydrogens (tertiary/aromatic N) is 5. The zero-order chi connectivity index (χ0) is 14.1. The summed E-state index contributed by atoms with van der Waals surface area (Å²) in [7, 11) is 1.86. The Morgan fingerprint density at radius 3 is 2.70 bits per heavy atom. The Morgan fingerprint density at radius 1 is 1.15 bits per heavy atom. The maximum Gasteiger partial charge on any atom is 0.180 e. The molecule has 0 saturated heterocycles. The highest BCUT2D eigenvalue weighted by molar-refractivity contribution is 6.29. The Bertz CT molecular complexity index is 766. The minimum atomic E-state index is 0.386. The normalized spacial score (nSPS) is 10.8. The summed E-state index contributed by atoms with van der Waals surface area (Å²) in [6.07, 6.45) is 5.36. The second kappa shape index (κ2) is 5.02. The Balaban J connectivity index is 2.11. The van der Waals surface area contributed by atoms with Gasteiger partial charge in [-0.25, -0.2) is 9.97 Å². The molecule has 5 nitrogen and oxygen atoms in total. The largest absolute Gasteiger partial charge is 0.275 e. The monoisotopic (exact) mass is 285 g/mol. The van der Waals surface area contributed by atoms with Gasteiger partial charge in [-0.05, 0) is 24.6 Å². The van der Waals surface area contributed by atoms with Crippen LogP contribution in [0.25, 0.3) is 22.8 Å². The summed E-state index contributed by atoms with van der Waals surface area (Å²) < 4.78 is 1.72. The van der Waals surface area contributed by atoms with Gasteiger partial charge in [-0.1, -0.05) is 11.6 Å². The van der Waals surface area contributed by atoms with Gasteiger partial charge in [0.25, 0.3) is 0 Å². The van der Waals surface area contributed by atoms with E-state index in [4.69, 9.17) is 11.6 Å². The number of hydrogen-bond acceptors (Lipinski definition) is 4. The molecule has 0 spiro atoms. The lowest BCUT2D eigenvalue weighted by atomic mass is 10.2. The highest BCUT2D eigenvalue weighted by atomic mass is 35.5. The molecule has 3 aromatic heterocycles. The van der Waals surface area contributed by atoms with Gasteiger partial charge >= 0.3 is 0 Å². The Morgan fingerprint density at radius 2 is 2.00 bits per heavy atom. The smallest absolute Gasteiger partial charge is 0.180 e. The topological polar surface area (TPSA) is 56.5 Å². The van der Waals surface area contributed by atoms with Crippen molar-refractivity contribution >= 4 is 11.6 Å². The summed E-state index contributed by atoms with van der Waals surface area (Å²) in [6, 6.07) is 5.58. The summed E-state index contributed by atoms with van der Waals surface area (Å²) in [5, 5.41) is 4.52. The number of pyridine rings is 1. The van der Waals surface area contributed by atoms with Gasteiger partial charge in [0.2, 0.25) is 0 Å². The van der Waals surface area contributed by atoms with Crippen molar-refractivity contribution in [3.05, 3.63) is 47.5 Å². The molecule has 0 radical (unpaired) electrons. The molecule has 0 amide bonds. The summed E-state index contributed by atoms with van der Waals surface area (Å²) in [6.45, 7) is 2.00. The minimum Gasteiger partial charge on any atom is -0.275 e. The predicted molar refractivity (Wildman–Crippen MR) is 77.2 cm³/mol. The summed E-state index contributed by atoms with van der Waals surface area (Å²) in [5.41, 5.74) is 3.43. The van der Waals surface area contributed by atoms with Crippen LogP contribution in [0.4, 0.5) is 0 Å². The fourth-order valence-electron chi connectivity index (χ4n) is 1.89. The SMILES string of the molecule is Cc1ccnc(-c2nc(Cl)cc(-c3cnn(C)c3)n2)c1. The van der Waals surface area contributed by atoms with Crippen LogP contribution < -0.4 is 0 Å². The molecule has 0 N–H and O–H groups in total. The molecule has 0 aliphatic rings. The Labute approximate surface area is 121 Å². The van der Waals surface area contributed by atoms with E-state index in [9.17, 15) is 0 Å². The standard InChI is InChI=1S/C14H12ClN5/c1-9-3-4-16-12(5-9)14-18-11(6-13(15)19-14)10-7-17-20(2)8-10/h3-8H,1-2H3. The van der Waals surface area contributed by atoms with Gasteiger partial charge in [-0.3, -0.25) is 9.67 Å². The van der Waals surface area contributed by atoms with Crippen LogP contribution in [-0.4, -0.2) is 24.7 Å². The zero-order valence-electron chi connectivity index (χ0n) is 11.1. The molecule has 0 aliphatic heterocycles. The molecule has 6 heteroatoms. The van der Waals surface area contributed by atoms with Gasteiger partial charge in [-0.15, -0.1) is 0 Å². The van der Waals surface area contributed by atoms with Gasteiger partial charge in [0.05, 0.1) is 11.9 Å². The predicted octanol–water partition coefficient (Wildman–Crippen LogP) is 2.90. The van der Waals surface area contributed by atoms with Crippen LogP contribution in [0.1, 0.15) is 5.56 Å². The molecule has 3 rings (SSSR count). The van der Waals surface area contributed by atoms with Gasteiger partial charge in [0.1, 0.15) is 10.8 Å². The van der Waals surface area contributed by atoms with Crippen molar-refractivity contribution in [1.29, 1.82) is 0 Å². The van der Waals surface area contributed by atoms with Crippen molar-refractivity contribution < 1.29 is 0 Å². The van der Waals surface area contributed by atoms with E-state index < -0.39 is 0 Å². The van der Waals surface area contributed by atoms with Crippen molar-refractivity contribution in [2.45, 2.75) is 6.92 Å². The fraction of sp³-hybridized carbons (Fsp3) is 0.143. The molecule has 0 saturated carbocycles. The lowest BCUT2D eigenvalue weighted by molar-refractivity contribution is 0.768. The third-order valence-electron chi connectivity index (χ3n) is 2.84. The molecule has 3 heterocycles. The fourth-order valence-corrected chi connectivity index (χ4v) is 2.08. The lowest BCUT2D eigenvalue weighted by Gasteiger charge is -2.04. The maximum absolute atomic E-state index is 6.09. The first-order valence-electron chi connectivity index (χ1n) is 6.08. The van der Waals surface area contributed by atoms with Gasteiger partial charge in [-0.2, -0.15) is 5.10 Å². The highest BCUT2D eigenvalue weighted by Crippen LogP contribution is 2.23. The molecule has 0 bridgehead atoms. The summed E-state index contributed by atoms with van der Waals surface area (Å²) in [5.74, 6) is 0.514. The van der Waals surface area contributed by atoms with E-state index in [-0.39, 0.29) is 0 Å². The van der Waals surface area contributed by atoms with Crippen LogP contribution in [0, 0.1) is 6.92 Å². The van der Waals surface area contributed by atoms with Crippen molar-refractivity contribution in [3.63, 3.8) is 0 Å². The summed E-state index contributed by atoms with van der Waals surface area (Å²) in [4.78, 5) is 13.0. The Kier molecular flexibility index (Phi) is 3.20. The van der Waals surface area contributed by atoms with Crippen molar-refractivity contribution in [1.82, 2.24) is 24.7 Å². The molecule has 100 valence electrons. The van der Waals surface area contributed by atoms with Crippen LogP contribution in [0.15, 0.2) is 36.8 Å². The van der Waals surface area contributed by atoms with E-state index in [1.807, 2.05) is 32.3 Å². The number of aryl methyl sites for hydroxylation is 2. The van der Waals surface area contributed by atoms with Crippen molar-refractivity contribution in [2.24, 2.45) is 7.05 Å². The van der Waals surface area contributed by atoms with E-state index in [2.05, 4.69) is 20.1 Å². The third-order valence-corrected chi connectivity index (χ3v) is 3.03. The Hall–Kier alpha value is -2.27. The van der Waals surface area contributed by atoms with Gasteiger partial charge in [0.15, 0.2) is 5.82 Å². The molecule has 0 atom stereocenters. The van der Waals surface area contributed by atoms with Gasteiger partial charge in [0, 0.05) is 31.1 Å². The van der Waals surface area contributed by atoms with E-state index in [1.54, 1.807) is 23.1 Å². The third kappa shape index (κ3) is 2.53. The first-order chi connectivity index (χ1) is 9.61. The first kappa shape index (κ1) is 12.7. The molecule has 0 unspecified atom stereocenters. The number of hydrogen-bond donors (Lipinski definition) is 0. The van der Waals surface area contributed by atoms with Crippen molar-refractivity contribution in [2.75, 3.05) is 0 Å². The van der Waals surface area contributed by atoms with Crippen LogP contribution in [0.5, 0.6) is 0 Å². The van der Waals surface area contributed by atoms with E-state index >= 15 is 0 Å². The average molecular weight is 286 g/mol.